The topological polar surface area (TPSA) is 152 Å². The molecule has 5 N–H and O–H groups in total. The molecule has 0 aliphatic carbocycles. The summed E-state index contributed by atoms with van der Waals surface area (Å²) in [4.78, 5) is 16.4. The highest BCUT2D eigenvalue weighted by molar-refractivity contribution is 7.93. The molecule has 0 saturated heterocycles. The Morgan fingerprint density at radius 3 is 2.53 bits per heavy atom. The van der Waals surface area contributed by atoms with Gasteiger partial charge < -0.3 is 15.8 Å². The highest BCUT2D eigenvalue weighted by Crippen LogP contribution is 2.35. The van der Waals surface area contributed by atoms with Gasteiger partial charge in [-0.3, -0.25) is 14.6 Å². The number of hydrogen-bond donors (Lipinski definition) is 4. The minimum atomic E-state index is -5.00. The molecule has 0 radical (unpaired) electrons. The number of halogens is 3. The van der Waals surface area contributed by atoms with Crippen molar-refractivity contribution in [3.63, 3.8) is 0 Å². The second-order valence-corrected chi connectivity index (χ2v) is 9.52. The Balaban J connectivity index is 1.67. The van der Waals surface area contributed by atoms with Crippen LogP contribution in [0.2, 0.25) is 0 Å². The first-order valence-electron chi connectivity index (χ1n) is 11.0. The minimum absolute atomic E-state index is 0.00574. The van der Waals surface area contributed by atoms with E-state index in [-0.39, 0.29) is 40.7 Å². The van der Waals surface area contributed by atoms with Crippen molar-refractivity contribution in [2.24, 2.45) is 5.73 Å². The van der Waals surface area contributed by atoms with Gasteiger partial charge in [0.1, 0.15) is 34.5 Å². The van der Waals surface area contributed by atoms with Gasteiger partial charge in [0.15, 0.2) is 0 Å². The van der Waals surface area contributed by atoms with Crippen molar-refractivity contribution in [3.8, 4) is 17.0 Å². The number of primary amides is 1. The maximum absolute atomic E-state index is 13.2. The lowest BCUT2D eigenvalue weighted by Crippen LogP contribution is -2.21. The van der Waals surface area contributed by atoms with Crippen LogP contribution in [0.4, 0.5) is 30.5 Å². The van der Waals surface area contributed by atoms with E-state index in [1.54, 1.807) is 35.1 Å². The third-order valence-electron chi connectivity index (χ3n) is 5.23. The molecule has 0 saturated carbocycles. The molecule has 0 atom stereocenters. The van der Waals surface area contributed by atoms with Crippen LogP contribution in [-0.2, 0) is 16.4 Å². The summed E-state index contributed by atoms with van der Waals surface area (Å²) >= 11 is 0. The van der Waals surface area contributed by atoms with Crippen LogP contribution in [0, 0.1) is 5.82 Å². The number of alkyl halides is 2. The second kappa shape index (κ2) is 11.2. The summed E-state index contributed by atoms with van der Waals surface area (Å²) in [5, 5.41) is 9.73. The fourth-order valence-corrected chi connectivity index (χ4v) is 4.01. The van der Waals surface area contributed by atoms with Gasteiger partial charge in [0.2, 0.25) is 0 Å². The van der Waals surface area contributed by atoms with Gasteiger partial charge >= 0.3 is 5.76 Å². The van der Waals surface area contributed by atoms with Crippen molar-refractivity contribution in [1.29, 1.82) is 0 Å². The lowest BCUT2D eigenvalue weighted by molar-refractivity contribution is 0.100. The number of anilines is 3. The van der Waals surface area contributed by atoms with Crippen molar-refractivity contribution in [1.82, 2.24) is 15.2 Å². The van der Waals surface area contributed by atoms with Crippen molar-refractivity contribution >= 4 is 33.3 Å². The summed E-state index contributed by atoms with van der Waals surface area (Å²) in [5.41, 5.74) is 6.43. The van der Waals surface area contributed by atoms with E-state index in [4.69, 9.17) is 10.5 Å². The molecule has 0 aliphatic heterocycles. The Hall–Kier alpha value is -4.59. The molecule has 38 heavy (non-hydrogen) atoms. The van der Waals surface area contributed by atoms with E-state index in [9.17, 15) is 26.4 Å². The first kappa shape index (κ1) is 26.5. The number of rotatable bonds is 11. The van der Waals surface area contributed by atoms with E-state index in [0.29, 0.717) is 12.2 Å². The molecule has 0 aliphatic rings. The minimum Gasteiger partial charge on any atom is -0.491 e. The van der Waals surface area contributed by atoms with Gasteiger partial charge in [0, 0.05) is 18.2 Å². The third kappa shape index (κ3) is 6.21. The average molecular weight is 547 g/mol. The summed E-state index contributed by atoms with van der Waals surface area (Å²) in [5.74, 6) is -4.45. The Bertz CT molecular complexity index is 1530. The average Bonchev–Trinajstić information content (AvgIpc) is 3.30. The maximum atomic E-state index is 13.2. The highest BCUT2D eigenvalue weighted by Gasteiger charge is 2.26. The Morgan fingerprint density at radius 2 is 1.87 bits per heavy atom. The Morgan fingerprint density at radius 1 is 1.11 bits per heavy atom. The van der Waals surface area contributed by atoms with E-state index >= 15 is 0 Å². The maximum Gasteiger partial charge on any atom is 0.355 e. The summed E-state index contributed by atoms with van der Waals surface area (Å²) in [7, 11) is -5.00. The smallest absolute Gasteiger partial charge is 0.355 e. The van der Waals surface area contributed by atoms with Crippen LogP contribution < -0.4 is 20.5 Å². The number of nitrogens with one attached hydrogen (secondary N) is 3. The summed E-state index contributed by atoms with van der Waals surface area (Å²) < 4.78 is 70.3. The van der Waals surface area contributed by atoms with Crippen molar-refractivity contribution in [2.75, 3.05) is 16.6 Å². The van der Waals surface area contributed by atoms with Gasteiger partial charge in [-0.05, 0) is 42.0 Å². The van der Waals surface area contributed by atoms with Crippen LogP contribution in [0.25, 0.3) is 11.3 Å². The van der Waals surface area contributed by atoms with Crippen LogP contribution in [0.3, 0.4) is 0 Å². The number of sulfonamides is 1. The summed E-state index contributed by atoms with van der Waals surface area (Å²) in [6, 6.07) is 14.6. The van der Waals surface area contributed by atoms with Crippen molar-refractivity contribution < 1.29 is 31.1 Å². The normalized spacial score (nSPS) is 11.4. The zero-order chi connectivity index (χ0) is 27.3. The van der Waals surface area contributed by atoms with Crippen LogP contribution in [-0.4, -0.2) is 41.9 Å². The van der Waals surface area contributed by atoms with Crippen LogP contribution in [0.5, 0.6) is 5.75 Å². The SMILES string of the molecule is NC(=O)c1c(-c2ccc(NS(=O)(=O)C(F)F)c(OCCc3ccc(F)cc3)c2)n[nH]c1Nc1ccccn1. The van der Waals surface area contributed by atoms with Crippen LogP contribution in [0.15, 0.2) is 66.9 Å². The number of ether oxygens (including phenoxy) is 1. The van der Waals surface area contributed by atoms with Crippen molar-refractivity contribution in [2.45, 2.75) is 12.2 Å². The van der Waals surface area contributed by atoms with E-state index in [1.807, 2.05) is 0 Å². The summed E-state index contributed by atoms with van der Waals surface area (Å²) in [6.07, 6.45) is 1.84. The quantitative estimate of drug-likeness (QED) is 0.222. The predicted molar refractivity (Wildman–Crippen MR) is 134 cm³/mol. The number of aromatic amines is 1. The number of amides is 1. The number of H-pyrrole nitrogens is 1. The number of hydrogen-bond acceptors (Lipinski definition) is 7. The number of pyridine rings is 1. The standard InChI is InChI=1S/C24H21F3N6O4S/c25-16-7-4-14(5-8-16)10-12-37-18-13-15(6-9-17(18)33-38(35,36)24(26)27)21-20(22(28)34)23(32-31-21)30-19-3-1-2-11-29-19/h1-9,11,13,24,33H,10,12H2,(H2,28,34)(H2,29,30,31,32). The predicted octanol–water partition coefficient (Wildman–Crippen LogP) is 4.04. The molecular formula is C24H21F3N6O4S. The summed E-state index contributed by atoms with van der Waals surface area (Å²) in [6.45, 7) is -0.00574. The Labute approximate surface area is 215 Å². The van der Waals surface area contributed by atoms with Crippen molar-refractivity contribution in [3.05, 3.63) is 83.8 Å². The molecule has 10 nitrogen and oxygen atoms in total. The molecule has 198 valence electrons. The van der Waals surface area contributed by atoms with Gasteiger partial charge in [-0.25, -0.2) is 17.8 Å². The first-order chi connectivity index (χ1) is 18.1. The molecule has 0 unspecified atom stereocenters. The largest absolute Gasteiger partial charge is 0.491 e. The highest BCUT2D eigenvalue weighted by atomic mass is 32.2. The van der Waals surface area contributed by atoms with Gasteiger partial charge in [-0.2, -0.15) is 13.9 Å². The number of benzene rings is 2. The number of nitrogens with two attached hydrogens (primary N) is 1. The third-order valence-corrected chi connectivity index (χ3v) is 6.21. The fraction of sp³-hybridized carbons (Fsp3) is 0.125. The van der Waals surface area contributed by atoms with Crippen LogP contribution >= 0.6 is 0 Å². The molecular weight excluding hydrogens is 525 g/mol. The second-order valence-electron chi connectivity index (χ2n) is 7.87. The molecule has 4 aromatic rings. The lowest BCUT2D eigenvalue weighted by atomic mass is 10.1. The molecule has 0 bridgehead atoms. The van der Waals surface area contributed by atoms with E-state index in [1.165, 1.54) is 36.5 Å². The van der Waals surface area contributed by atoms with E-state index in [2.05, 4.69) is 20.5 Å². The molecule has 4 rings (SSSR count). The first-order valence-corrected chi connectivity index (χ1v) is 12.6. The molecule has 0 fully saturated rings. The van der Waals surface area contributed by atoms with E-state index in [0.717, 1.165) is 5.56 Å². The number of carbonyl (C=O) groups excluding carboxylic acids is 1. The van der Waals surface area contributed by atoms with Gasteiger partial charge in [-0.15, -0.1) is 0 Å². The van der Waals surface area contributed by atoms with Gasteiger partial charge in [0.25, 0.3) is 15.9 Å². The number of nitrogens with zero attached hydrogens (tertiary/aromatic N) is 2. The van der Waals surface area contributed by atoms with Gasteiger partial charge in [-0.1, -0.05) is 24.3 Å². The fourth-order valence-electron chi connectivity index (χ4n) is 3.45. The molecule has 14 heteroatoms. The lowest BCUT2D eigenvalue weighted by Gasteiger charge is -2.15. The molecule has 1 amide bonds. The number of aromatic nitrogens is 3. The molecule has 2 aromatic heterocycles. The molecule has 0 spiro atoms. The zero-order valence-corrected chi connectivity index (χ0v) is 20.3. The molecule has 2 aromatic carbocycles. The zero-order valence-electron chi connectivity index (χ0n) is 19.5. The Kier molecular flexibility index (Phi) is 7.81. The van der Waals surface area contributed by atoms with Gasteiger partial charge in [0.05, 0.1) is 12.3 Å². The van der Waals surface area contributed by atoms with E-state index < -0.39 is 27.5 Å². The molecule has 2 heterocycles. The van der Waals surface area contributed by atoms with Crippen LogP contribution in [0.1, 0.15) is 15.9 Å². The monoisotopic (exact) mass is 546 g/mol. The number of carbonyl (C=O) groups is 1.